The quantitative estimate of drug-likeness (QED) is 0.0192. The Morgan fingerprint density at radius 2 is 0.731 bits per heavy atom. The Bertz CT molecular complexity index is 6610. The van der Waals surface area contributed by atoms with Crippen molar-refractivity contribution in [2.45, 2.75) is 68.1 Å². The fraction of sp³-hybridized carbons (Fsp3) is 0.183. The molecule has 0 spiro atoms. The van der Waals surface area contributed by atoms with E-state index in [-0.39, 0.29) is 6.07 Å². The molecule has 30 N–H and O–H groups in total. The smallest absolute Gasteiger partial charge is 0.344 e. The van der Waals surface area contributed by atoms with Crippen LogP contribution in [0.2, 0.25) is 0 Å². The van der Waals surface area contributed by atoms with Gasteiger partial charge in [-0.05, 0) is 54.6 Å². The summed E-state index contributed by atoms with van der Waals surface area (Å²) >= 11 is 0. The second-order valence-electron chi connectivity index (χ2n) is 29.5. The van der Waals surface area contributed by atoms with Crippen molar-refractivity contribution in [1.29, 1.82) is 0 Å². The van der Waals surface area contributed by atoms with Gasteiger partial charge in [-0.3, -0.25) is 10.1 Å². The molecule has 0 aromatic heterocycles. The SMILES string of the molecule is O=C1CC2OC(OC(=O)c3cc(O)c(O)c(Oc4c(C(=O)OC5OC6CCOOc7cc(O)c(O)c(O)c7-c7c(cc(O)c(O)c7O)OOCC6C6OC(=O)c7cc(O)c(O)c(O)c7-c7c(cc(O)c(O)c7O)C(=O)OC56)cc(O)c(O)c4O)c3)C(OC(=O)c3cc(O)c(O)c(O)c3)C(OC(=O)c3cc(O)c(O)c(O)c3)C2C(OO)c2cc(O)c(O)c(O)c2-c2c(cc(O)c(O)c2O)O1. The van der Waals surface area contributed by atoms with Gasteiger partial charge in [0.1, 0.15) is 24.0 Å². The van der Waals surface area contributed by atoms with Gasteiger partial charge >= 0.3 is 41.8 Å². The molecule has 0 amide bonds. The van der Waals surface area contributed by atoms with Gasteiger partial charge < -0.3 is 205 Å². The van der Waals surface area contributed by atoms with Gasteiger partial charge in [0.2, 0.25) is 76.5 Å². The van der Waals surface area contributed by atoms with Crippen LogP contribution < -0.4 is 19.2 Å². The molecular weight excluding hydrogens is 1820 g/mol. The van der Waals surface area contributed by atoms with Crippen LogP contribution in [-0.4, -0.2) is 258 Å². The van der Waals surface area contributed by atoms with Crippen LogP contribution in [0.15, 0.2) is 78.9 Å². The minimum absolute atomic E-state index is 0.193. The predicted octanol–water partition coefficient (Wildman–Crippen LogP) is 5.42. The summed E-state index contributed by atoms with van der Waals surface area (Å²) in [6.07, 6.45) is -26.2. The van der Waals surface area contributed by atoms with E-state index in [1.165, 1.54) is 0 Å². The average Bonchev–Trinajstić information content (AvgIpc) is 0.748. The lowest BCUT2D eigenvalue weighted by atomic mass is 9.77. The molecule has 5 heterocycles. The molecule has 52 heteroatoms. The van der Waals surface area contributed by atoms with E-state index in [1.54, 1.807) is 0 Å². The molecule has 5 aliphatic rings. The van der Waals surface area contributed by atoms with Gasteiger partial charge in [0.25, 0.3) is 0 Å². The number of carbonyl (C=O) groups is 7. The van der Waals surface area contributed by atoms with Crippen LogP contribution in [0.5, 0.6) is 195 Å². The van der Waals surface area contributed by atoms with Crippen molar-refractivity contribution in [3.05, 3.63) is 118 Å². The van der Waals surface area contributed by atoms with Crippen molar-refractivity contribution in [3.63, 3.8) is 0 Å². The summed E-state index contributed by atoms with van der Waals surface area (Å²) in [4.78, 5) is 132. The highest BCUT2D eigenvalue weighted by atomic mass is 17.2. The molecule has 5 aliphatic heterocycles. The number of phenols is 29. The van der Waals surface area contributed by atoms with Crippen LogP contribution >= 0.6 is 0 Å². The summed E-state index contributed by atoms with van der Waals surface area (Å²) in [5, 5.41) is 331. The van der Waals surface area contributed by atoms with Crippen LogP contribution in [0.4, 0.5) is 0 Å². The Labute approximate surface area is 737 Å². The zero-order valence-electron chi connectivity index (χ0n) is 66.1. The van der Waals surface area contributed by atoms with Crippen molar-refractivity contribution >= 4 is 41.8 Å². The van der Waals surface area contributed by atoms with Crippen molar-refractivity contribution in [3.8, 4) is 229 Å². The highest BCUT2D eigenvalue weighted by Crippen LogP contribution is 2.62. The Balaban J connectivity index is 0.833. The number of fused-ring (bicyclic) bond motifs is 13. The van der Waals surface area contributed by atoms with E-state index in [0.717, 1.165) is 0 Å². The maximum atomic E-state index is 15.4. The summed E-state index contributed by atoms with van der Waals surface area (Å²) in [5.74, 6) is -65.1. The number of rotatable bonds is 11. The molecule has 0 radical (unpaired) electrons. The molecule has 0 bridgehead atoms. The van der Waals surface area contributed by atoms with Crippen LogP contribution in [-0.2, 0) is 57.4 Å². The van der Waals surface area contributed by atoms with E-state index in [4.69, 9.17) is 71.8 Å². The summed E-state index contributed by atoms with van der Waals surface area (Å²) < 4.78 is 58.8. The topological polar surface area (TPSA) is 865 Å². The van der Waals surface area contributed by atoms with E-state index in [0.29, 0.717) is 72.8 Å². The molecule has 2 fully saturated rings. The third-order valence-corrected chi connectivity index (χ3v) is 21.5. The fourth-order valence-corrected chi connectivity index (χ4v) is 15.2. The molecule has 0 saturated carbocycles. The van der Waals surface area contributed by atoms with Gasteiger partial charge in [-0.2, -0.15) is 9.78 Å². The third kappa shape index (κ3) is 15.6. The molecular formula is C82H62O52. The summed E-state index contributed by atoms with van der Waals surface area (Å²) in [5.41, 5.74) is -14.7. The highest BCUT2D eigenvalue weighted by molar-refractivity contribution is 6.09. The van der Waals surface area contributed by atoms with Crippen molar-refractivity contribution < 1.29 is 259 Å². The van der Waals surface area contributed by atoms with Crippen LogP contribution in [0.25, 0.3) is 33.4 Å². The molecule has 11 unspecified atom stereocenters. The first-order chi connectivity index (χ1) is 63.3. The van der Waals surface area contributed by atoms with Crippen LogP contribution in [0, 0.1) is 11.8 Å². The maximum Gasteiger partial charge on any atom is 0.344 e. The normalized spacial score (nSPS) is 20.3. The zero-order valence-corrected chi connectivity index (χ0v) is 66.1. The minimum atomic E-state index is -2.98. The van der Waals surface area contributed by atoms with E-state index >= 15 is 19.2 Å². The summed E-state index contributed by atoms with van der Waals surface area (Å²) in [7, 11) is 0. The minimum Gasteiger partial charge on any atom is -0.504 e. The van der Waals surface area contributed by atoms with Gasteiger partial charge in [0, 0.05) is 52.9 Å². The van der Waals surface area contributed by atoms with Gasteiger partial charge in [0.15, 0.2) is 150 Å². The monoisotopic (exact) mass is 1880 g/mol. The average molecular weight is 1880 g/mol. The Hall–Kier alpha value is -18.1. The van der Waals surface area contributed by atoms with E-state index in [9.17, 15) is 168 Å². The second-order valence-corrected chi connectivity index (χ2v) is 29.5. The number of benzene rings is 10. The lowest BCUT2D eigenvalue weighted by Gasteiger charge is -2.47. The first kappa shape index (κ1) is 90.6. The Morgan fingerprint density at radius 1 is 0.343 bits per heavy atom. The van der Waals surface area contributed by atoms with Gasteiger partial charge in [-0.15, -0.1) is 0 Å². The number of hydrogen-bond donors (Lipinski definition) is 30. The number of ether oxygens (including phenoxy) is 10. The number of carbonyl (C=O) groups excluding carboxylic acids is 7. The largest absolute Gasteiger partial charge is 0.504 e. The molecule has 10 aromatic rings. The molecule has 702 valence electrons. The van der Waals surface area contributed by atoms with E-state index < -0.39 is 403 Å². The number of aromatic hydroxyl groups is 29. The van der Waals surface area contributed by atoms with Gasteiger partial charge in [-0.1, -0.05) is 0 Å². The van der Waals surface area contributed by atoms with Crippen LogP contribution in [0.3, 0.4) is 0 Å². The van der Waals surface area contributed by atoms with E-state index in [2.05, 4.69) is 0 Å². The standard InChI is InChI=1S/C82H62O52/c83-26-3-18(4-27(84)52(26)96)75(113)127-72-51-40(16-44(95)122-39-13-35(92)58(102)65(109)48(39)45-21(69(51)132-119)9-31(88)55(99)62(45)106)125-82(74(72)128-76(114)19-5-28(85)53(97)29(86)6-19)130-77(115)20-7-30(87)54(98)43(8-20)123-70-24(12-34(91)61(105)68(70)112)80(118)131-81-73-71(126-78(116)22-10-32(89)56(100)63(107)46(22)47-23(79(117)129-73)11-33(90)57(101)64(47)108)25-17-121-134-42-15-37(94)60(104)67(111)50(42)49-41(14-36(93)59(103)66(49)110)133-120-2-1-38(25)124-81/h3-15,25,38,40,51,69,71-74,81-94,96-112,119H,1-2,16-17H2. The Morgan fingerprint density at radius 3 is 1.24 bits per heavy atom. The number of esters is 7. The first-order valence-electron chi connectivity index (χ1n) is 37.7. The van der Waals surface area contributed by atoms with E-state index in [1.807, 2.05) is 0 Å². The highest BCUT2D eigenvalue weighted by Gasteiger charge is 2.59. The Kier molecular flexibility index (Phi) is 23.1. The fourth-order valence-electron chi connectivity index (χ4n) is 15.2. The molecule has 134 heavy (non-hydrogen) atoms. The van der Waals surface area contributed by atoms with Gasteiger partial charge in [0.05, 0.1) is 81.6 Å². The zero-order chi connectivity index (χ0) is 97.2. The summed E-state index contributed by atoms with van der Waals surface area (Å²) in [6, 6.07) is 5.04. The molecule has 52 nitrogen and oxygen atoms in total. The second kappa shape index (κ2) is 34.1. The first-order valence-corrected chi connectivity index (χ1v) is 37.7. The molecule has 10 aromatic carbocycles. The van der Waals surface area contributed by atoms with Crippen molar-refractivity contribution in [2.75, 3.05) is 13.2 Å². The van der Waals surface area contributed by atoms with Crippen molar-refractivity contribution in [2.24, 2.45) is 11.8 Å². The lowest BCUT2D eigenvalue weighted by molar-refractivity contribution is -0.337. The molecule has 2 saturated heterocycles. The molecule has 0 aliphatic carbocycles. The predicted molar refractivity (Wildman–Crippen MR) is 416 cm³/mol. The number of hydrogen-bond acceptors (Lipinski definition) is 52. The van der Waals surface area contributed by atoms with Crippen molar-refractivity contribution in [1.82, 2.24) is 0 Å². The molecule has 15 rings (SSSR count). The maximum absolute atomic E-state index is 15.4. The molecule has 11 atom stereocenters. The van der Waals surface area contributed by atoms with Crippen LogP contribution in [0.1, 0.15) is 86.7 Å². The lowest BCUT2D eigenvalue weighted by Crippen LogP contribution is -2.60. The third-order valence-electron chi connectivity index (χ3n) is 21.5. The van der Waals surface area contributed by atoms with Gasteiger partial charge in [-0.25, -0.2) is 33.7 Å². The summed E-state index contributed by atoms with van der Waals surface area (Å²) in [6.45, 7) is -2.15. The number of phenolic OH excluding ortho intramolecular Hbond substituents is 29.